The minimum atomic E-state index is 0.545. The first kappa shape index (κ1) is 18.5. The van der Waals surface area contributed by atoms with Crippen molar-refractivity contribution in [3.05, 3.63) is 36.4 Å². The summed E-state index contributed by atoms with van der Waals surface area (Å²) < 4.78 is 8.03. The summed E-state index contributed by atoms with van der Waals surface area (Å²) in [5, 5.41) is 6.33. The highest BCUT2D eigenvalue weighted by atomic mass is 16.5. The van der Waals surface area contributed by atoms with Crippen molar-refractivity contribution >= 4 is 23.1 Å². The number of imidazole rings is 1. The first-order chi connectivity index (χ1) is 13.7. The lowest BCUT2D eigenvalue weighted by atomic mass is 10.3. The van der Waals surface area contributed by atoms with Crippen molar-refractivity contribution in [1.82, 2.24) is 24.3 Å². The predicted molar refractivity (Wildman–Crippen MR) is 111 cm³/mol. The second kappa shape index (κ2) is 8.43. The van der Waals surface area contributed by atoms with E-state index in [1.807, 2.05) is 42.9 Å². The quantitative estimate of drug-likeness (QED) is 0.581. The van der Waals surface area contributed by atoms with Crippen molar-refractivity contribution in [2.24, 2.45) is 0 Å². The van der Waals surface area contributed by atoms with Crippen molar-refractivity contribution in [3.8, 4) is 5.75 Å². The molecule has 0 unspecified atom stereocenters. The SMILES string of the molecule is CNc1cc(C)nc(Nc2cc(OCCCN3CCCC3)c3nccn3c2)n1. The van der Waals surface area contributed by atoms with Crippen LogP contribution in [-0.4, -0.2) is 57.5 Å². The molecular formula is C20H27N7O. The highest BCUT2D eigenvalue weighted by molar-refractivity contribution is 5.64. The minimum Gasteiger partial charge on any atom is -0.490 e. The van der Waals surface area contributed by atoms with E-state index in [0.29, 0.717) is 12.6 Å². The molecule has 0 spiro atoms. The monoisotopic (exact) mass is 381 g/mol. The number of aromatic nitrogens is 4. The summed E-state index contributed by atoms with van der Waals surface area (Å²) in [5.41, 5.74) is 2.56. The maximum absolute atomic E-state index is 6.08. The van der Waals surface area contributed by atoms with Crippen LogP contribution in [0.4, 0.5) is 17.5 Å². The summed E-state index contributed by atoms with van der Waals surface area (Å²) in [6, 6.07) is 3.86. The van der Waals surface area contributed by atoms with Crippen molar-refractivity contribution in [1.29, 1.82) is 0 Å². The summed E-state index contributed by atoms with van der Waals surface area (Å²) in [6.45, 7) is 6.14. The van der Waals surface area contributed by atoms with Crippen molar-refractivity contribution in [2.45, 2.75) is 26.2 Å². The van der Waals surface area contributed by atoms with E-state index < -0.39 is 0 Å². The maximum Gasteiger partial charge on any atom is 0.229 e. The molecule has 0 bridgehead atoms. The second-order valence-corrected chi connectivity index (χ2v) is 7.10. The summed E-state index contributed by atoms with van der Waals surface area (Å²) in [7, 11) is 1.84. The number of rotatable bonds is 8. The molecule has 1 fully saturated rings. The number of ether oxygens (including phenoxy) is 1. The number of pyridine rings is 1. The lowest BCUT2D eigenvalue weighted by molar-refractivity contribution is 0.264. The van der Waals surface area contributed by atoms with E-state index in [9.17, 15) is 0 Å². The first-order valence-electron chi connectivity index (χ1n) is 9.83. The number of anilines is 3. The zero-order chi connectivity index (χ0) is 19.3. The molecule has 148 valence electrons. The number of likely N-dealkylation sites (tertiary alicyclic amines) is 1. The Morgan fingerprint density at radius 1 is 1.18 bits per heavy atom. The van der Waals surface area contributed by atoms with Gasteiger partial charge in [0.2, 0.25) is 5.95 Å². The summed E-state index contributed by atoms with van der Waals surface area (Å²) in [4.78, 5) is 15.8. The van der Waals surface area contributed by atoms with Crippen molar-refractivity contribution < 1.29 is 4.74 Å². The normalized spacial score (nSPS) is 14.5. The van der Waals surface area contributed by atoms with Gasteiger partial charge in [0.25, 0.3) is 0 Å². The van der Waals surface area contributed by atoms with Gasteiger partial charge in [-0.1, -0.05) is 0 Å². The molecule has 0 radical (unpaired) electrons. The van der Waals surface area contributed by atoms with E-state index >= 15 is 0 Å². The summed E-state index contributed by atoms with van der Waals surface area (Å²) in [6.07, 6.45) is 9.30. The number of hydrogen-bond acceptors (Lipinski definition) is 7. The van der Waals surface area contributed by atoms with Crippen LogP contribution in [0.25, 0.3) is 5.65 Å². The highest BCUT2D eigenvalue weighted by Gasteiger charge is 2.12. The van der Waals surface area contributed by atoms with Crippen LogP contribution in [0.3, 0.4) is 0 Å². The van der Waals surface area contributed by atoms with Gasteiger partial charge in [0, 0.05) is 50.0 Å². The van der Waals surface area contributed by atoms with Gasteiger partial charge in [0.1, 0.15) is 5.82 Å². The van der Waals surface area contributed by atoms with Gasteiger partial charge in [-0.25, -0.2) is 9.97 Å². The molecule has 1 aliphatic heterocycles. The minimum absolute atomic E-state index is 0.545. The average molecular weight is 381 g/mol. The Labute approximate surface area is 165 Å². The highest BCUT2D eigenvalue weighted by Crippen LogP contribution is 2.25. The van der Waals surface area contributed by atoms with Gasteiger partial charge in [-0.15, -0.1) is 0 Å². The third kappa shape index (κ3) is 4.33. The molecule has 4 rings (SSSR count). The first-order valence-corrected chi connectivity index (χ1v) is 9.83. The fraction of sp³-hybridized carbons (Fsp3) is 0.450. The molecule has 0 amide bonds. The molecule has 4 heterocycles. The Kier molecular flexibility index (Phi) is 5.57. The average Bonchev–Trinajstić information content (AvgIpc) is 3.36. The third-order valence-corrected chi connectivity index (χ3v) is 4.90. The number of aryl methyl sites for hydroxylation is 1. The molecule has 3 aromatic rings. The van der Waals surface area contributed by atoms with Gasteiger partial charge >= 0.3 is 0 Å². The van der Waals surface area contributed by atoms with Gasteiger partial charge in [-0.05, 0) is 39.3 Å². The van der Waals surface area contributed by atoms with Crippen molar-refractivity contribution in [2.75, 3.05) is 43.9 Å². The van der Waals surface area contributed by atoms with Gasteiger partial charge in [0.15, 0.2) is 11.4 Å². The van der Waals surface area contributed by atoms with Crippen LogP contribution in [0.15, 0.2) is 30.7 Å². The molecule has 28 heavy (non-hydrogen) atoms. The Balaban J connectivity index is 1.47. The lowest BCUT2D eigenvalue weighted by Gasteiger charge is -2.15. The molecule has 8 heteroatoms. The Hall–Kier alpha value is -2.87. The zero-order valence-corrected chi connectivity index (χ0v) is 16.5. The third-order valence-electron chi connectivity index (χ3n) is 4.90. The lowest BCUT2D eigenvalue weighted by Crippen LogP contribution is -2.22. The van der Waals surface area contributed by atoms with Crippen LogP contribution >= 0.6 is 0 Å². The molecule has 0 aliphatic carbocycles. The summed E-state index contributed by atoms with van der Waals surface area (Å²) >= 11 is 0. The van der Waals surface area contributed by atoms with E-state index in [-0.39, 0.29) is 0 Å². The van der Waals surface area contributed by atoms with Gasteiger partial charge in [-0.2, -0.15) is 4.98 Å². The summed E-state index contributed by atoms with van der Waals surface area (Å²) in [5.74, 6) is 2.08. The van der Waals surface area contributed by atoms with Crippen LogP contribution in [0.1, 0.15) is 25.0 Å². The number of nitrogens with zero attached hydrogens (tertiary/aromatic N) is 5. The maximum atomic E-state index is 6.08. The Morgan fingerprint density at radius 3 is 2.86 bits per heavy atom. The Morgan fingerprint density at radius 2 is 2.04 bits per heavy atom. The number of hydrogen-bond donors (Lipinski definition) is 2. The van der Waals surface area contributed by atoms with Gasteiger partial charge < -0.3 is 24.7 Å². The predicted octanol–water partition coefficient (Wildman–Crippen LogP) is 3.08. The van der Waals surface area contributed by atoms with Gasteiger partial charge in [0.05, 0.1) is 12.3 Å². The topological polar surface area (TPSA) is 79.6 Å². The smallest absolute Gasteiger partial charge is 0.229 e. The molecule has 3 aromatic heterocycles. The molecular weight excluding hydrogens is 354 g/mol. The number of nitrogens with one attached hydrogen (secondary N) is 2. The largest absolute Gasteiger partial charge is 0.490 e. The number of fused-ring (bicyclic) bond motifs is 1. The molecule has 1 saturated heterocycles. The standard InChI is InChI=1S/C20H27N7O/c1-15-12-18(21-2)25-20(23-15)24-16-13-17(19-22-6-10-27(19)14-16)28-11-5-9-26-7-3-4-8-26/h6,10,12-14H,3-5,7-9,11H2,1-2H3,(H2,21,23,24,25). The molecule has 0 saturated carbocycles. The second-order valence-electron chi connectivity index (χ2n) is 7.10. The van der Waals surface area contributed by atoms with E-state index in [2.05, 4.69) is 30.5 Å². The van der Waals surface area contributed by atoms with Crippen LogP contribution in [0, 0.1) is 6.92 Å². The molecule has 8 nitrogen and oxygen atoms in total. The molecule has 0 aromatic carbocycles. The molecule has 1 aliphatic rings. The fourth-order valence-corrected chi connectivity index (χ4v) is 3.53. The van der Waals surface area contributed by atoms with Crippen LogP contribution in [-0.2, 0) is 0 Å². The van der Waals surface area contributed by atoms with Crippen LogP contribution < -0.4 is 15.4 Å². The van der Waals surface area contributed by atoms with Crippen LogP contribution in [0.5, 0.6) is 5.75 Å². The van der Waals surface area contributed by atoms with E-state index in [0.717, 1.165) is 41.6 Å². The van der Waals surface area contributed by atoms with E-state index in [4.69, 9.17) is 4.74 Å². The van der Waals surface area contributed by atoms with Crippen LogP contribution in [0.2, 0.25) is 0 Å². The van der Waals surface area contributed by atoms with Gasteiger partial charge in [-0.3, -0.25) is 0 Å². The van der Waals surface area contributed by atoms with E-state index in [1.165, 1.54) is 25.9 Å². The van der Waals surface area contributed by atoms with E-state index in [1.54, 1.807) is 6.20 Å². The fourth-order valence-electron chi connectivity index (χ4n) is 3.53. The Bertz CT molecular complexity index is 933. The molecule has 0 atom stereocenters. The zero-order valence-electron chi connectivity index (χ0n) is 16.5. The molecule has 2 N–H and O–H groups in total. The van der Waals surface area contributed by atoms with Crippen molar-refractivity contribution in [3.63, 3.8) is 0 Å².